The van der Waals surface area contributed by atoms with Gasteiger partial charge in [0.25, 0.3) is 5.91 Å². The van der Waals surface area contributed by atoms with E-state index in [1.165, 1.54) is 6.20 Å². The van der Waals surface area contributed by atoms with Crippen LogP contribution in [0.25, 0.3) is 16.9 Å². The highest BCUT2D eigenvalue weighted by Crippen LogP contribution is 2.18. The minimum absolute atomic E-state index is 0.153. The van der Waals surface area contributed by atoms with Crippen LogP contribution in [0.4, 0.5) is 13.2 Å². The molecule has 1 amide bonds. The summed E-state index contributed by atoms with van der Waals surface area (Å²) in [5.41, 5.74) is 8.69. The van der Waals surface area contributed by atoms with E-state index in [4.69, 9.17) is 15.6 Å². The van der Waals surface area contributed by atoms with Gasteiger partial charge in [0.05, 0.1) is 18.1 Å². The van der Waals surface area contributed by atoms with Crippen LogP contribution in [0.1, 0.15) is 16.2 Å². The average Bonchev–Trinajstić information content (AvgIpc) is 2.95. The van der Waals surface area contributed by atoms with E-state index in [0.29, 0.717) is 5.69 Å². The molecule has 0 spiro atoms. The molecule has 0 aliphatic carbocycles. The zero-order valence-electron chi connectivity index (χ0n) is 13.2. The second-order valence-electron chi connectivity index (χ2n) is 5.00. The van der Waals surface area contributed by atoms with E-state index < -0.39 is 18.1 Å². The van der Waals surface area contributed by atoms with Crippen molar-refractivity contribution in [3.05, 3.63) is 48.3 Å². The van der Waals surface area contributed by atoms with Crippen LogP contribution in [0, 0.1) is 6.92 Å². The van der Waals surface area contributed by atoms with Crippen molar-refractivity contribution in [2.45, 2.75) is 13.1 Å². The first-order valence-corrected chi connectivity index (χ1v) is 6.95. The molecule has 0 unspecified atom stereocenters. The molecule has 0 radical (unpaired) electrons. The Balaban J connectivity index is 0.000000298. The largest absolute Gasteiger partial charge is 0.490 e. The van der Waals surface area contributed by atoms with Crippen LogP contribution in [0.2, 0.25) is 0 Å². The number of hydrogen-bond acceptors (Lipinski definition) is 5. The summed E-state index contributed by atoms with van der Waals surface area (Å²) >= 11 is 0. The van der Waals surface area contributed by atoms with Gasteiger partial charge in [0.15, 0.2) is 0 Å². The number of imidazole rings is 1. The number of hydrogen-bond donors (Lipinski definition) is 2. The molecule has 0 saturated heterocycles. The second kappa shape index (κ2) is 7.17. The zero-order valence-corrected chi connectivity index (χ0v) is 13.2. The van der Waals surface area contributed by atoms with Crippen molar-refractivity contribution in [3.8, 4) is 11.3 Å². The predicted octanol–water partition coefficient (Wildman–Crippen LogP) is 1.83. The number of primary amides is 1. The van der Waals surface area contributed by atoms with Crippen molar-refractivity contribution in [1.82, 2.24) is 19.4 Å². The quantitative estimate of drug-likeness (QED) is 0.712. The number of alkyl halides is 3. The molecule has 8 nitrogen and oxygen atoms in total. The molecule has 0 aromatic carbocycles. The number of carboxylic acids is 1. The first kappa shape index (κ1) is 18.8. The first-order chi connectivity index (χ1) is 12.1. The Kier molecular flexibility index (Phi) is 5.19. The molecule has 0 saturated carbocycles. The summed E-state index contributed by atoms with van der Waals surface area (Å²) in [6.07, 6.45) is 1.57. The summed E-state index contributed by atoms with van der Waals surface area (Å²) in [7, 11) is 0. The van der Waals surface area contributed by atoms with Crippen molar-refractivity contribution in [1.29, 1.82) is 0 Å². The van der Waals surface area contributed by atoms with Crippen LogP contribution < -0.4 is 5.73 Å². The number of nitrogens with zero attached hydrogens (tertiary/aromatic N) is 4. The molecular weight excluding hydrogens is 355 g/mol. The maximum Gasteiger partial charge on any atom is 0.490 e. The van der Waals surface area contributed by atoms with Gasteiger partial charge in [-0.05, 0) is 19.1 Å². The summed E-state index contributed by atoms with van der Waals surface area (Å²) < 4.78 is 33.7. The van der Waals surface area contributed by atoms with Gasteiger partial charge >= 0.3 is 12.1 Å². The predicted molar refractivity (Wildman–Crippen MR) is 83.2 cm³/mol. The monoisotopic (exact) mass is 367 g/mol. The van der Waals surface area contributed by atoms with Crippen molar-refractivity contribution in [2.24, 2.45) is 5.73 Å². The first-order valence-electron chi connectivity index (χ1n) is 6.95. The van der Waals surface area contributed by atoms with Gasteiger partial charge in [-0.1, -0.05) is 0 Å². The third-order valence-corrected chi connectivity index (χ3v) is 3.12. The molecule has 3 aromatic heterocycles. The van der Waals surface area contributed by atoms with Gasteiger partial charge in [-0.25, -0.2) is 14.8 Å². The number of halogens is 3. The summed E-state index contributed by atoms with van der Waals surface area (Å²) in [6, 6.07) is 3.78. The lowest BCUT2D eigenvalue weighted by Crippen LogP contribution is -2.21. The number of amides is 1. The Morgan fingerprint density at radius 3 is 2.42 bits per heavy atom. The van der Waals surface area contributed by atoms with Gasteiger partial charge in [-0.3, -0.25) is 9.78 Å². The molecule has 11 heteroatoms. The zero-order chi connectivity index (χ0) is 19.5. The summed E-state index contributed by atoms with van der Waals surface area (Å²) in [5.74, 6) is -3.35. The van der Waals surface area contributed by atoms with E-state index in [1.54, 1.807) is 12.4 Å². The van der Waals surface area contributed by atoms with Crippen LogP contribution in [-0.2, 0) is 4.79 Å². The number of carboxylic acid groups (broad SMARTS) is 1. The number of aryl methyl sites for hydroxylation is 1. The normalized spacial score (nSPS) is 10.9. The van der Waals surface area contributed by atoms with Crippen molar-refractivity contribution in [2.75, 3.05) is 0 Å². The highest BCUT2D eigenvalue weighted by atomic mass is 19.4. The van der Waals surface area contributed by atoms with Crippen LogP contribution >= 0.6 is 0 Å². The maximum absolute atomic E-state index is 11.1. The number of pyridine rings is 1. The van der Waals surface area contributed by atoms with E-state index in [0.717, 1.165) is 16.9 Å². The highest BCUT2D eigenvalue weighted by Gasteiger charge is 2.38. The van der Waals surface area contributed by atoms with Crippen molar-refractivity contribution < 1.29 is 27.9 Å². The fourth-order valence-corrected chi connectivity index (χ4v) is 1.88. The number of nitrogens with two attached hydrogens (primary N) is 1. The molecule has 3 heterocycles. The summed E-state index contributed by atoms with van der Waals surface area (Å²) in [4.78, 5) is 32.4. The Morgan fingerprint density at radius 1 is 1.19 bits per heavy atom. The third kappa shape index (κ3) is 4.32. The van der Waals surface area contributed by atoms with Crippen molar-refractivity contribution >= 4 is 17.5 Å². The molecular formula is C15H12F3N5O3. The number of aliphatic carboxylic acids is 1. The molecule has 0 aliphatic rings. The Bertz CT molecular complexity index is 969. The number of carbonyl (C=O) groups excluding carboxylic acids is 1. The van der Waals surface area contributed by atoms with Gasteiger partial charge in [0, 0.05) is 23.7 Å². The maximum atomic E-state index is 11.1. The van der Waals surface area contributed by atoms with Crippen LogP contribution in [0.3, 0.4) is 0 Å². The number of fused-ring (bicyclic) bond motifs is 1. The smallest absolute Gasteiger partial charge is 0.475 e. The van der Waals surface area contributed by atoms with Gasteiger partial charge in [-0.2, -0.15) is 13.2 Å². The molecule has 136 valence electrons. The van der Waals surface area contributed by atoms with Gasteiger partial charge < -0.3 is 15.2 Å². The number of rotatable bonds is 2. The number of carbonyl (C=O) groups is 2. The summed E-state index contributed by atoms with van der Waals surface area (Å²) in [5, 5.41) is 7.12. The minimum Gasteiger partial charge on any atom is -0.475 e. The lowest BCUT2D eigenvalue weighted by Gasteiger charge is -2.04. The Hall–Kier alpha value is -3.50. The SMILES string of the molecule is Cc1cnc2ccc(-c3cncc(C(N)=O)n3)cn12.O=C(O)C(F)(F)F. The second-order valence-corrected chi connectivity index (χ2v) is 5.00. The topological polar surface area (TPSA) is 123 Å². The third-order valence-electron chi connectivity index (χ3n) is 3.12. The Labute approximate surface area is 144 Å². The molecule has 3 N–H and O–H groups in total. The van der Waals surface area contributed by atoms with E-state index in [1.807, 2.05) is 29.7 Å². The highest BCUT2D eigenvalue weighted by molar-refractivity contribution is 5.90. The summed E-state index contributed by atoms with van der Waals surface area (Å²) in [6.45, 7) is 1.97. The Morgan fingerprint density at radius 2 is 1.85 bits per heavy atom. The molecule has 0 fully saturated rings. The molecule has 0 aliphatic heterocycles. The van der Waals surface area contributed by atoms with Gasteiger partial charge in [0.2, 0.25) is 0 Å². The fourth-order valence-electron chi connectivity index (χ4n) is 1.88. The van der Waals surface area contributed by atoms with Crippen LogP contribution in [0.15, 0.2) is 36.9 Å². The molecule has 0 atom stereocenters. The minimum atomic E-state index is -5.08. The lowest BCUT2D eigenvalue weighted by atomic mass is 10.2. The average molecular weight is 367 g/mol. The van der Waals surface area contributed by atoms with E-state index in [9.17, 15) is 18.0 Å². The van der Waals surface area contributed by atoms with E-state index in [-0.39, 0.29) is 5.69 Å². The molecule has 3 aromatic rings. The van der Waals surface area contributed by atoms with Gasteiger partial charge in [-0.15, -0.1) is 0 Å². The molecule has 3 rings (SSSR count). The van der Waals surface area contributed by atoms with Crippen LogP contribution in [0.5, 0.6) is 0 Å². The van der Waals surface area contributed by atoms with Gasteiger partial charge in [0.1, 0.15) is 11.3 Å². The number of aromatic nitrogens is 4. The molecule has 0 bridgehead atoms. The standard InChI is InChI=1S/C13H11N5O.C2HF3O2/c1-8-4-16-12-3-2-9(7-18(8)12)10-5-15-6-11(17-10)13(14)19;3-2(4,5)1(6)7/h2-7H,1H3,(H2,14,19);(H,6,7). The van der Waals surface area contributed by atoms with Crippen LogP contribution in [-0.4, -0.2) is 42.5 Å². The fraction of sp³-hybridized carbons (Fsp3) is 0.133. The van der Waals surface area contributed by atoms with E-state index >= 15 is 0 Å². The molecule has 26 heavy (non-hydrogen) atoms. The van der Waals surface area contributed by atoms with E-state index in [2.05, 4.69) is 15.0 Å². The lowest BCUT2D eigenvalue weighted by molar-refractivity contribution is -0.192. The van der Waals surface area contributed by atoms with Crippen molar-refractivity contribution in [3.63, 3.8) is 0 Å².